The molecule has 1 heterocycles. The molecule has 4 aromatic rings. The molecule has 0 unspecified atom stereocenters. The van der Waals surface area contributed by atoms with E-state index >= 15 is 0 Å². The Labute approximate surface area is 257 Å². The van der Waals surface area contributed by atoms with Crippen LogP contribution in [0.15, 0.2) is 78.8 Å². The molecule has 0 amide bonds. The van der Waals surface area contributed by atoms with Crippen molar-refractivity contribution < 1.29 is 20.5 Å². The van der Waals surface area contributed by atoms with Crippen molar-refractivity contribution in [2.45, 2.75) is 56.8 Å². The average Bonchev–Trinajstić information content (AvgIpc) is 3.75. The van der Waals surface area contributed by atoms with Crippen molar-refractivity contribution >= 4 is 52.4 Å². The van der Waals surface area contributed by atoms with Gasteiger partial charge in [-0.1, -0.05) is 78.2 Å². The lowest BCUT2D eigenvalue weighted by atomic mass is 9.90. The normalized spacial score (nSPS) is 16.7. The Balaban J connectivity index is 1.52. The van der Waals surface area contributed by atoms with Gasteiger partial charge < -0.3 is 10.2 Å². The van der Waals surface area contributed by atoms with Crippen LogP contribution in [0.1, 0.15) is 78.2 Å². The van der Waals surface area contributed by atoms with Gasteiger partial charge in [0.25, 0.3) is 0 Å². The highest BCUT2D eigenvalue weighted by Crippen LogP contribution is 2.53. The SMILES string of the molecule is [2H]c1c([2H])c(/C=C/c2ccc3ccc(Cl)cc3n2)c([2H])c([C@@H](CCc2ccccc2C(C)(C)O)SCC2(CC(=O)O)CC2)c1[2H]. The quantitative estimate of drug-likeness (QED) is 0.173. The topological polar surface area (TPSA) is 70.4 Å². The van der Waals surface area contributed by atoms with Gasteiger partial charge in [0.15, 0.2) is 0 Å². The van der Waals surface area contributed by atoms with Gasteiger partial charge in [0, 0.05) is 21.4 Å². The van der Waals surface area contributed by atoms with Crippen LogP contribution in [0.2, 0.25) is 5.02 Å². The Bertz CT molecular complexity index is 1790. The predicted molar refractivity (Wildman–Crippen MR) is 171 cm³/mol. The Kier molecular flexibility index (Phi) is 7.40. The number of pyridine rings is 1. The third-order valence-electron chi connectivity index (χ3n) is 7.51. The third kappa shape index (κ3) is 7.79. The fraction of sp³-hybridized carbons (Fsp3) is 0.314. The molecule has 2 N–H and O–H groups in total. The highest BCUT2D eigenvalue weighted by molar-refractivity contribution is 7.99. The first-order chi connectivity index (χ1) is 21.3. The number of hydrogen-bond acceptors (Lipinski definition) is 4. The second-order valence-electron chi connectivity index (χ2n) is 11.4. The smallest absolute Gasteiger partial charge is 0.303 e. The standard InChI is InChI=1S/C35H36ClNO3S/c1-34(2,40)30-9-4-3-7-25(30)13-17-32(41-23-35(18-19-35)22-33(38)39)27-8-5-6-24(20-27)10-15-29-16-12-26-11-14-28(36)21-31(26)37-29/h3-12,14-16,20-21,32,40H,13,17-19,22-23H2,1-2H3,(H,38,39)/b15-10+/t32-/m1/s1/i5D,6D,8D,20D. The van der Waals surface area contributed by atoms with Gasteiger partial charge in [0.05, 0.1) is 28.7 Å². The molecule has 41 heavy (non-hydrogen) atoms. The molecular formula is C35H36ClNO3S. The largest absolute Gasteiger partial charge is 0.481 e. The number of carboxylic acid groups (broad SMARTS) is 1. The summed E-state index contributed by atoms with van der Waals surface area (Å²) in [5.74, 6) is -0.282. The second-order valence-corrected chi connectivity index (χ2v) is 13.0. The molecule has 0 aliphatic heterocycles. The molecular weight excluding hydrogens is 550 g/mol. The molecule has 0 saturated heterocycles. The van der Waals surface area contributed by atoms with E-state index in [4.69, 9.17) is 15.7 Å². The van der Waals surface area contributed by atoms with E-state index in [1.54, 1.807) is 38.1 Å². The predicted octanol–water partition coefficient (Wildman–Crippen LogP) is 8.95. The fourth-order valence-electron chi connectivity index (χ4n) is 5.07. The molecule has 4 nitrogen and oxygen atoms in total. The number of aromatic nitrogens is 1. The Morgan fingerprint density at radius 2 is 1.95 bits per heavy atom. The lowest BCUT2D eigenvalue weighted by molar-refractivity contribution is -0.138. The monoisotopic (exact) mass is 589 g/mol. The van der Waals surface area contributed by atoms with E-state index in [-0.39, 0.29) is 41.6 Å². The van der Waals surface area contributed by atoms with Crippen LogP contribution in [-0.4, -0.2) is 26.9 Å². The summed E-state index contributed by atoms with van der Waals surface area (Å²) in [5, 5.41) is 21.4. The third-order valence-corrected chi connectivity index (χ3v) is 9.40. The molecule has 1 aromatic heterocycles. The van der Waals surface area contributed by atoms with E-state index in [1.807, 2.05) is 42.5 Å². The van der Waals surface area contributed by atoms with Gasteiger partial charge in [0.2, 0.25) is 0 Å². The van der Waals surface area contributed by atoms with E-state index in [2.05, 4.69) is 4.98 Å². The van der Waals surface area contributed by atoms with Gasteiger partial charge in [-0.2, -0.15) is 11.8 Å². The molecule has 1 atom stereocenters. The van der Waals surface area contributed by atoms with Crippen molar-refractivity contribution in [3.8, 4) is 0 Å². The van der Waals surface area contributed by atoms with Crippen molar-refractivity contribution in [3.63, 3.8) is 0 Å². The van der Waals surface area contributed by atoms with Crippen LogP contribution in [-0.2, 0) is 16.8 Å². The Hall–Kier alpha value is -3.12. The van der Waals surface area contributed by atoms with Gasteiger partial charge in [-0.25, -0.2) is 4.98 Å². The van der Waals surface area contributed by atoms with Crippen LogP contribution >= 0.6 is 23.4 Å². The lowest BCUT2D eigenvalue weighted by Gasteiger charge is -2.24. The molecule has 0 radical (unpaired) electrons. The molecule has 1 saturated carbocycles. The minimum Gasteiger partial charge on any atom is -0.481 e. The van der Waals surface area contributed by atoms with E-state index in [1.165, 1.54) is 11.8 Å². The lowest BCUT2D eigenvalue weighted by Crippen LogP contribution is -2.18. The fourth-order valence-corrected chi connectivity index (χ4v) is 6.75. The Morgan fingerprint density at radius 3 is 2.71 bits per heavy atom. The minimum atomic E-state index is -1.05. The summed E-state index contributed by atoms with van der Waals surface area (Å²) >= 11 is 7.68. The molecule has 1 aliphatic carbocycles. The number of rotatable bonds is 12. The van der Waals surface area contributed by atoms with Crippen LogP contribution in [0, 0.1) is 5.41 Å². The maximum atomic E-state index is 11.6. The number of halogens is 1. The molecule has 1 aliphatic rings. The van der Waals surface area contributed by atoms with Crippen molar-refractivity contribution in [3.05, 3.63) is 112 Å². The number of nitrogens with zero attached hydrogens (tertiary/aromatic N) is 1. The second kappa shape index (κ2) is 12.4. The van der Waals surface area contributed by atoms with Crippen molar-refractivity contribution in [2.75, 3.05) is 5.75 Å². The van der Waals surface area contributed by atoms with Gasteiger partial charge in [-0.05, 0) is 91.5 Å². The summed E-state index contributed by atoms with van der Waals surface area (Å²) in [6, 6.07) is 16.2. The maximum absolute atomic E-state index is 11.6. The molecule has 0 bridgehead atoms. The van der Waals surface area contributed by atoms with Crippen molar-refractivity contribution in [1.29, 1.82) is 0 Å². The minimum absolute atomic E-state index is 0.0115. The summed E-state index contributed by atoms with van der Waals surface area (Å²) < 4.78 is 35.4. The number of benzene rings is 3. The van der Waals surface area contributed by atoms with E-state index < -0.39 is 16.8 Å². The molecule has 0 spiro atoms. The van der Waals surface area contributed by atoms with Gasteiger partial charge in [0.1, 0.15) is 0 Å². The highest BCUT2D eigenvalue weighted by Gasteiger charge is 2.44. The van der Waals surface area contributed by atoms with Gasteiger partial charge in [-0.15, -0.1) is 0 Å². The first-order valence-corrected chi connectivity index (χ1v) is 15.2. The molecule has 212 valence electrons. The highest BCUT2D eigenvalue weighted by atomic mass is 35.5. The average molecular weight is 590 g/mol. The molecule has 3 aromatic carbocycles. The first-order valence-electron chi connectivity index (χ1n) is 15.8. The first kappa shape index (κ1) is 24.5. The Morgan fingerprint density at radius 1 is 1.17 bits per heavy atom. The summed E-state index contributed by atoms with van der Waals surface area (Å²) in [7, 11) is 0. The maximum Gasteiger partial charge on any atom is 0.303 e. The zero-order chi connectivity index (χ0) is 32.5. The van der Waals surface area contributed by atoms with Crippen LogP contribution < -0.4 is 0 Å². The van der Waals surface area contributed by atoms with Crippen molar-refractivity contribution in [1.82, 2.24) is 4.98 Å². The van der Waals surface area contributed by atoms with Crippen molar-refractivity contribution in [2.24, 2.45) is 5.41 Å². The zero-order valence-electron chi connectivity index (χ0n) is 27.2. The number of carbonyl (C=O) groups is 1. The van der Waals surface area contributed by atoms with E-state index in [0.29, 0.717) is 40.4 Å². The number of thioether (sulfide) groups is 1. The number of aryl methyl sites for hydroxylation is 1. The number of hydrogen-bond donors (Lipinski definition) is 2. The zero-order valence-corrected chi connectivity index (χ0v) is 24.8. The summed E-state index contributed by atoms with van der Waals surface area (Å²) in [6.07, 6.45) is 6.07. The van der Waals surface area contributed by atoms with E-state index in [0.717, 1.165) is 29.4 Å². The number of carboxylic acids is 1. The number of aliphatic carboxylic acids is 1. The number of fused-ring (bicyclic) bond motifs is 1. The number of aliphatic hydroxyl groups is 1. The molecule has 1 fully saturated rings. The summed E-state index contributed by atoms with van der Waals surface area (Å²) in [4.78, 5) is 16.2. The van der Waals surface area contributed by atoms with E-state index in [9.17, 15) is 16.4 Å². The summed E-state index contributed by atoms with van der Waals surface area (Å²) in [6.45, 7) is 3.48. The molecule has 6 heteroatoms. The van der Waals surface area contributed by atoms with Crippen LogP contribution in [0.3, 0.4) is 0 Å². The molecule has 5 rings (SSSR count). The van der Waals surface area contributed by atoms with Gasteiger partial charge in [-0.3, -0.25) is 4.79 Å². The summed E-state index contributed by atoms with van der Waals surface area (Å²) in [5.41, 5.74) is 2.29. The van der Waals surface area contributed by atoms with Crippen LogP contribution in [0.25, 0.3) is 23.1 Å². The van der Waals surface area contributed by atoms with Crippen LogP contribution in [0.4, 0.5) is 0 Å². The van der Waals surface area contributed by atoms with Gasteiger partial charge >= 0.3 is 5.97 Å². The van der Waals surface area contributed by atoms with Crippen LogP contribution in [0.5, 0.6) is 0 Å².